The first kappa shape index (κ1) is 16.1. The molecule has 1 saturated heterocycles. The van der Waals surface area contributed by atoms with Crippen molar-refractivity contribution >= 4 is 5.69 Å². The molecule has 0 aliphatic carbocycles. The topological polar surface area (TPSA) is 50.7 Å². The smallest absolute Gasteiger partial charge is 0.161 e. The summed E-state index contributed by atoms with van der Waals surface area (Å²) in [5, 5.41) is 12.2. The first-order valence-corrected chi connectivity index (χ1v) is 6.82. The lowest BCUT2D eigenvalue weighted by Crippen LogP contribution is -2.27. The zero-order chi connectivity index (χ0) is 15.2. The Kier molecular flexibility index (Phi) is 5.84. The minimum Gasteiger partial charge on any atom is -0.389 e. The maximum atomic E-state index is 13.3. The minimum atomic E-state index is -1.25. The summed E-state index contributed by atoms with van der Waals surface area (Å²) >= 11 is 0. The first-order chi connectivity index (χ1) is 10.1. The van der Waals surface area contributed by atoms with Crippen molar-refractivity contribution in [3.05, 3.63) is 29.6 Å². The van der Waals surface area contributed by atoms with E-state index < -0.39 is 23.6 Å². The fourth-order valence-electron chi connectivity index (χ4n) is 2.06. The molecule has 0 spiro atoms. The predicted molar refractivity (Wildman–Crippen MR) is 70.6 cm³/mol. The molecule has 1 aliphatic rings. The maximum absolute atomic E-state index is 13.3. The van der Waals surface area contributed by atoms with E-state index in [4.69, 9.17) is 9.47 Å². The average molecular weight is 305 g/mol. The molecule has 0 saturated carbocycles. The SMILES string of the molecule is OC(CNc1cc(F)c(F)cc1F)COCC1CCCO1. The van der Waals surface area contributed by atoms with Crippen molar-refractivity contribution in [2.75, 3.05) is 31.7 Å². The van der Waals surface area contributed by atoms with Crippen molar-refractivity contribution in [2.45, 2.75) is 25.0 Å². The lowest BCUT2D eigenvalue weighted by Gasteiger charge is -2.15. The molecule has 0 bridgehead atoms. The number of aliphatic hydroxyl groups is 1. The number of hydrogen-bond acceptors (Lipinski definition) is 4. The van der Waals surface area contributed by atoms with Gasteiger partial charge in [-0.3, -0.25) is 0 Å². The van der Waals surface area contributed by atoms with Gasteiger partial charge < -0.3 is 19.9 Å². The van der Waals surface area contributed by atoms with Crippen LogP contribution in [-0.4, -0.2) is 43.7 Å². The van der Waals surface area contributed by atoms with Gasteiger partial charge in [-0.1, -0.05) is 0 Å². The summed E-state index contributed by atoms with van der Waals surface area (Å²) in [7, 11) is 0. The number of anilines is 1. The average Bonchev–Trinajstić information content (AvgIpc) is 2.94. The van der Waals surface area contributed by atoms with Crippen molar-refractivity contribution < 1.29 is 27.8 Å². The molecule has 2 N–H and O–H groups in total. The van der Waals surface area contributed by atoms with E-state index in [0.29, 0.717) is 18.7 Å². The summed E-state index contributed by atoms with van der Waals surface area (Å²) in [5.74, 6) is -3.32. The Morgan fingerprint density at radius 1 is 1.29 bits per heavy atom. The van der Waals surface area contributed by atoms with Gasteiger partial charge in [0.2, 0.25) is 0 Å². The lowest BCUT2D eigenvalue weighted by molar-refractivity contribution is -0.0137. The Labute approximate surface area is 120 Å². The third-order valence-electron chi connectivity index (χ3n) is 3.18. The molecule has 21 heavy (non-hydrogen) atoms. The molecule has 1 aliphatic heterocycles. The van der Waals surface area contributed by atoms with Gasteiger partial charge in [-0.05, 0) is 12.8 Å². The van der Waals surface area contributed by atoms with Crippen LogP contribution in [0.25, 0.3) is 0 Å². The van der Waals surface area contributed by atoms with Crippen LogP contribution < -0.4 is 5.32 Å². The molecule has 1 heterocycles. The summed E-state index contributed by atoms with van der Waals surface area (Å²) in [6.07, 6.45) is 1.12. The normalized spacial score (nSPS) is 19.7. The van der Waals surface area contributed by atoms with Crippen molar-refractivity contribution in [3.63, 3.8) is 0 Å². The molecule has 0 radical (unpaired) electrons. The van der Waals surface area contributed by atoms with Gasteiger partial charge in [-0.2, -0.15) is 0 Å². The molecule has 2 rings (SSSR count). The summed E-state index contributed by atoms with van der Waals surface area (Å²) in [6.45, 7) is 1.15. The number of rotatable bonds is 7. The van der Waals surface area contributed by atoms with Crippen LogP contribution in [0.2, 0.25) is 0 Å². The molecular weight excluding hydrogens is 287 g/mol. The van der Waals surface area contributed by atoms with E-state index in [0.717, 1.165) is 19.4 Å². The molecule has 0 aromatic heterocycles. The molecule has 2 unspecified atom stereocenters. The molecule has 1 fully saturated rings. The third kappa shape index (κ3) is 4.87. The summed E-state index contributed by atoms with van der Waals surface area (Å²) in [6, 6.07) is 1.17. The Morgan fingerprint density at radius 3 is 2.76 bits per heavy atom. The number of aliphatic hydroxyl groups excluding tert-OH is 1. The van der Waals surface area contributed by atoms with Crippen LogP contribution in [0.1, 0.15) is 12.8 Å². The van der Waals surface area contributed by atoms with Crippen molar-refractivity contribution in [1.29, 1.82) is 0 Å². The largest absolute Gasteiger partial charge is 0.389 e. The van der Waals surface area contributed by atoms with Gasteiger partial charge in [0.25, 0.3) is 0 Å². The summed E-state index contributed by atoms with van der Waals surface area (Å²) < 4.78 is 49.7. The quantitative estimate of drug-likeness (QED) is 0.757. The van der Waals surface area contributed by atoms with Gasteiger partial charge in [-0.15, -0.1) is 0 Å². The number of halogens is 3. The van der Waals surface area contributed by atoms with E-state index in [1.165, 1.54) is 0 Å². The maximum Gasteiger partial charge on any atom is 0.161 e. The highest BCUT2D eigenvalue weighted by molar-refractivity contribution is 5.45. The van der Waals surface area contributed by atoms with Crippen LogP contribution in [0.15, 0.2) is 12.1 Å². The van der Waals surface area contributed by atoms with Crippen LogP contribution in [-0.2, 0) is 9.47 Å². The Hall–Kier alpha value is -1.31. The Bertz CT molecular complexity index is 467. The fraction of sp³-hybridized carbons (Fsp3) is 0.571. The van der Waals surface area contributed by atoms with Gasteiger partial charge >= 0.3 is 0 Å². The van der Waals surface area contributed by atoms with Crippen molar-refractivity contribution in [2.24, 2.45) is 0 Å². The Morgan fingerprint density at radius 2 is 2.05 bits per heavy atom. The number of ether oxygens (including phenoxy) is 2. The second-order valence-electron chi connectivity index (χ2n) is 4.95. The van der Waals surface area contributed by atoms with E-state index in [9.17, 15) is 18.3 Å². The van der Waals surface area contributed by atoms with Gasteiger partial charge in [0.05, 0.1) is 31.1 Å². The standard InChI is InChI=1S/C14H18F3NO3/c15-11-4-13(17)14(5-12(11)16)18-6-9(19)7-20-8-10-2-1-3-21-10/h4-5,9-10,18-19H,1-3,6-8H2. The Balaban J connectivity index is 1.70. The molecular formula is C14H18F3NO3. The highest BCUT2D eigenvalue weighted by atomic mass is 19.2. The van der Waals surface area contributed by atoms with Crippen LogP contribution >= 0.6 is 0 Å². The van der Waals surface area contributed by atoms with E-state index in [1.807, 2.05) is 0 Å². The molecule has 1 aromatic carbocycles. The number of hydrogen-bond donors (Lipinski definition) is 2. The molecule has 0 amide bonds. The highest BCUT2D eigenvalue weighted by Crippen LogP contribution is 2.18. The zero-order valence-electron chi connectivity index (χ0n) is 11.4. The van der Waals surface area contributed by atoms with Crippen molar-refractivity contribution in [1.82, 2.24) is 0 Å². The van der Waals surface area contributed by atoms with E-state index >= 15 is 0 Å². The third-order valence-corrected chi connectivity index (χ3v) is 3.18. The summed E-state index contributed by atoms with van der Waals surface area (Å²) in [5.41, 5.74) is -0.202. The fourth-order valence-corrected chi connectivity index (χ4v) is 2.06. The van der Waals surface area contributed by atoms with E-state index in [1.54, 1.807) is 0 Å². The highest BCUT2D eigenvalue weighted by Gasteiger charge is 2.16. The predicted octanol–water partition coefficient (Wildman–Crippen LogP) is 2.07. The number of benzene rings is 1. The second-order valence-corrected chi connectivity index (χ2v) is 4.95. The minimum absolute atomic E-state index is 0.0342. The van der Waals surface area contributed by atoms with Crippen LogP contribution in [0.4, 0.5) is 18.9 Å². The van der Waals surface area contributed by atoms with Crippen LogP contribution in [0, 0.1) is 17.5 Å². The van der Waals surface area contributed by atoms with Gasteiger partial charge in [-0.25, -0.2) is 13.2 Å². The van der Waals surface area contributed by atoms with Gasteiger partial charge in [0, 0.05) is 25.3 Å². The van der Waals surface area contributed by atoms with Crippen LogP contribution in [0.5, 0.6) is 0 Å². The van der Waals surface area contributed by atoms with Gasteiger partial charge in [0.15, 0.2) is 11.6 Å². The molecule has 118 valence electrons. The van der Waals surface area contributed by atoms with E-state index in [-0.39, 0.29) is 24.9 Å². The molecule has 4 nitrogen and oxygen atoms in total. The number of nitrogens with one attached hydrogen (secondary N) is 1. The second kappa shape index (κ2) is 7.63. The van der Waals surface area contributed by atoms with Crippen LogP contribution in [0.3, 0.4) is 0 Å². The van der Waals surface area contributed by atoms with E-state index in [2.05, 4.69) is 5.32 Å². The zero-order valence-corrected chi connectivity index (χ0v) is 11.4. The molecule has 2 atom stereocenters. The first-order valence-electron chi connectivity index (χ1n) is 6.82. The van der Waals surface area contributed by atoms with Gasteiger partial charge in [0.1, 0.15) is 5.82 Å². The lowest BCUT2D eigenvalue weighted by atomic mass is 10.2. The molecule has 7 heteroatoms. The molecule has 1 aromatic rings. The van der Waals surface area contributed by atoms with Crippen molar-refractivity contribution in [3.8, 4) is 0 Å². The monoisotopic (exact) mass is 305 g/mol. The summed E-state index contributed by atoms with van der Waals surface area (Å²) in [4.78, 5) is 0.